The Morgan fingerprint density at radius 3 is 2.18 bits per heavy atom. The van der Waals surface area contributed by atoms with Crippen LogP contribution in [0.1, 0.15) is 18.1 Å². The van der Waals surface area contributed by atoms with Crippen molar-refractivity contribution < 1.29 is 9.47 Å². The summed E-state index contributed by atoms with van der Waals surface area (Å²) in [5, 5.41) is 0.701. The molecule has 0 aliphatic heterocycles. The minimum absolute atomic E-state index is 0.701. The van der Waals surface area contributed by atoms with Crippen LogP contribution in [0.25, 0.3) is 6.08 Å². The molecule has 0 spiro atoms. The van der Waals surface area contributed by atoms with E-state index in [9.17, 15) is 0 Å². The molecule has 0 saturated heterocycles. The van der Waals surface area contributed by atoms with Crippen molar-refractivity contribution in [2.24, 2.45) is 4.99 Å². The van der Waals surface area contributed by atoms with Gasteiger partial charge >= 0.3 is 0 Å². The Bertz CT molecular complexity index is 687. The van der Waals surface area contributed by atoms with E-state index in [1.807, 2.05) is 61.7 Å². The van der Waals surface area contributed by atoms with Gasteiger partial charge in [-0.1, -0.05) is 11.6 Å². The fourth-order valence-electron chi connectivity index (χ4n) is 1.95. The van der Waals surface area contributed by atoms with Crippen LogP contribution in [0.5, 0.6) is 11.5 Å². The Labute approximate surface area is 135 Å². The van der Waals surface area contributed by atoms with E-state index in [1.54, 1.807) is 14.2 Å². The number of hydrogen-bond donors (Lipinski definition) is 0. The molecule has 3 nitrogen and oxygen atoms in total. The van der Waals surface area contributed by atoms with Crippen molar-refractivity contribution in [2.45, 2.75) is 6.92 Å². The fraction of sp³-hybridized carbons (Fsp3) is 0.167. The van der Waals surface area contributed by atoms with E-state index in [0.29, 0.717) is 5.03 Å². The molecule has 0 radical (unpaired) electrons. The van der Waals surface area contributed by atoms with Gasteiger partial charge in [0, 0.05) is 16.8 Å². The van der Waals surface area contributed by atoms with Gasteiger partial charge in [0.15, 0.2) is 0 Å². The van der Waals surface area contributed by atoms with E-state index >= 15 is 0 Å². The number of rotatable bonds is 5. The van der Waals surface area contributed by atoms with Crippen LogP contribution in [0.2, 0.25) is 0 Å². The maximum atomic E-state index is 5.99. The standard InChI is InChI=1S/C18H18ClNO2/c1-13(19)10-15-11-18(22-3)7-4-14(15)12-20-16-5-8-17(21-2)9-6-16/h4-12H,1-3H3/b13-10-,20-12?. The number of benzene rings is 2. The minimum Gasteiger partial charge on any atom is -0.497 e. The van der Waals surface area contributed by atoms with E-state index in [0.717, 1.165) is 28.3 Å². The third kappa shape index (κ3) is 4.37. The smallest absolute Gasteiger partial charge is 0.119 e. The number of nitrogens with zero attached hydrogens (tertiary/aromatic N) is 1. The summed E-state index contributed by atoms with van der Waals surface area (Å²) in [5.74, 6) is 1.59. The number of halogens is 1. The summed E-state index contributed by atoms with van der Waals surface area (Å²) < 4.78 is 10.4. The lowest BCUT2D eigenvalue weighted by molar-refractivity contribution is 0.414. The summed E-state index contributed by atoms with van der Waals surface area (Å²) in [6.07, 6.45) is 3.70. The van der Waals surface area contributed by atoms with Crippen LogP contribution >= 0.6 is 11.6 Å². The highest BCUT2D eigenvalue weighted by molar-refractivity contribution is 6.31. The number of hydrogen-bond acceptors (Lipinski definition) is 3. The highest BCUT2D eigenvalue weighted by Gasteiger charge is 2.01. The molecular weight excluding hydrogens is 298 g/mol. The normalized spacial score (nSPS) is 11.7. The molecule has 2 rings (SSSR count). The van der Waals surface area contributed by atoms with Crippen molar-refractivity contribution in [3.8, 4) is 11.5 Å². The molecule has 0 bridgehead atoms. The van der Waals surface area contributed by atoms with Crippen molar-refractivity contribution in [3.05, 3.63) is 58.6 Å². The van der Waals surface area contributed by atoms with Gasteiger partial charge in [-0.05, 0) is 61.0 Å². The zero-order valence-corrected chi connectivity index (χ0v) is 13.6. The van der Waals surface area contributed by atoms with E-state index in [2.05, 4.69) is 4.99 Å². The second kappa shape index (κ2) is 7.66. The predicted molar refractivity (Wildman–Crippen MR) is 92.7 cm³/mol. The second-order valence-electron chi connectivity index (χ2n) is 4.68. The summed E-state index contributed by atoms with van der Waals surface area (Å²) in [4.78, 5) is 4.48. The Hall–Kier alpha value is -2.26. The molecule has 0 N–H and O–H groups in total. The monoisotopic (exact) mass is 315 g/mol. The predicted octanol–water partition coefficient (Wildman–Crippen LogP) is 5.05. The molecule has 0 fully saturated rings. The molecule has 0 amide bonds. The van der Waals surface area contributed by atoms with Crippen LogP contribution < -0.4 is 9.47 Å². The minimum atomic E-state index is 0.701. The number of allylic oxidation sites excluding steroid dienone is 1. The zero-order valence-electron chi connectivity index (χ0n) is 12.8. The molecule has 2 aromatic carbocycles. The summed E-state index contributed by atoms with van der Waals surface area (Å²) in [6.45, 7) is 1.84. The lowest BCUT2D eigenvalue weighted by atomic mass is 10.1. The van der Waals surface area contributed by atoms with Crippen LogP contribution in [0.15, 0.2) is 52.5 Å². The van der Waals surface area contributed by atoms with Gasteiger partial charge in [-0.25, -0.2) is 0 Å². The number of methoxy groups -OCH3 is 2. The number of ether oxygens (including phenoxy) is 2. The summed E-state index contributed by atoms with van der Waals surface area (Å²) in [6, 6.07) is 13.4. The van der Waals surface area contributed by atoms with Crippen molar-refractivity contribution in [3.63, 3.8) is 0 Å². The summed E-state index contributed by atoms with van der Waals surface area (Å²) >= 11 is 5.99. The maximum Gasteiger partial charge on any atom is 0.119 e. The van der Waals surface area contributed by atoms with Gasteiger partial charge in [0.1, 0.15) is 11.5 Å². The largest absolute Gasteiger partial charge is 0.497 e. The first-order valence-corrected chi connectivity index (χ1v) is 7.20. The Morgan fingerprint density at radius 1 is 0.955 bits per heavy atom. The SMILES string of the molecule is COc1ccc(N=Cc2ccc(OC)cc2/C=C(/C)Cl)cc1. The number of aliphatic imine (C=N–C) groups is 1. The van der Waals surface area contributed by atoms with Gasteiger partial charge in [-0.2, -0.15) is 0 Å². The van der Waals surface area contributed by atoms with Crippen LogP contribution in [-0.2, 0) is 0 Å². The molecule has 0 heterocycles. The molecule has 114 valence electrons. The van der Waals surface area contributed by atoms with Crippen LogP contribution in [-0.4, -0.2) is 20.4 Å². The van der Waals surface area contributed by atoms with Crippen LogP contribution in [0, 0.1) is 0 Å². The molecule has 2 aromatic rings. The van der Waals surface area contributed by atoms with Crippen molar-refractivity contribution in [2.75, 3.05) is 14.2 Å². The molecule has 0 unspecified atom stereocenters. The molecule has 0 saturated carbocycles. The molecule has 0 atom stereocenters. The van der Waals surface area contributed by atoms with E-state index < -0.39 is 0 Å². The quantitative estimate of drug-likeness (QED) is 0.722. The second-order valence-corrected chi connectivity index (χ2v) is 5.28. The lowest BCUT2D eigenvalue weighted by Gasteiger charge is -2.05. The average molecular weight is 316 g/mol. The van der Waals surface area contributed by atoms with Crippen molar-refractivity contribution in [1.82, 2.24) is 0 Å². The average Bonchev–Trinajstić information content (AvgIpc) is 2.53. The van der Waals surface area contributed by atoms with Gasteiger partial charge in [-0.15, -0.1) is 0 Å². The van der Waals surface area contributed by atoms with Gasteiger partial charge in [0.25, 0.3) is 0 Å². The highest BCUT2D eigenvalue weighted by Crippen LogP contribution is 2.22. The van der Waals surface area contributed by atoms with Crippen LogP contribution in [0.4, 0.5) is 5.69 Å². The Kier molecular flexibility index (Phi) is 5.61. The summed E-state index contributed by atoms with van der Waals surface area (Å²) in [7, 11) is 3.28. The maximum absolute atomic E-state index is 5.99. The van der Waals surface area contributed by atoms with E-state index in [-0.39, 0.29) is 0 Å². The third-order valence-electron chi connectivity index (χ3n) is 3.07. The molecule has 0 aromatic heterocycles. The van der Waals surface area contributed by atoms with E-state index in [1.165, 1.54) is 0 Å². The van der Waals surface area contributed by atoms with Gasteiger partial charge in [0.05, 0.1) is 19.9 Å². The highest BCUT2D eigenvalue weighted by atomic mass is 35.5. The molecule has 0 aliphatic rings. The van der Waals surface area contributed by atoms with Crippen LogP contribution in [0.3, 0.4) is 0 Å². The molecule has 0 aliphatic carbocycles. The first kappa shape index (κ1) is 16.1. The zero-order chi connectivity index (χ0) is 15.9. The third-order valence-corrected chi connectivity index (χ3v) is 3.18. The van der Waals surface area contributed by atoms with Crippen molar-refractivity contribution in [1.29, 1.82) is 0 Å². The first-order valence-electron chi connectivity index (χ1n) is 6.82. The molecule has 4 heteroatoms. The fourth-order valence-corrected chi connectivity index (χ4v) is 2.07. The molecule has 22 heavy (non-hydrogen) atoms. The Balaban J connectivity index is 2.30. The Morgan fingerprint density at radius 2 is 1.59 bits per heavy atom. The van der Waals surface area contributed by atoms with Gasteiger partial charge in [0.2, 0.25) is 0 Å². The van der Waals surface area contributed by atoms with Gasteiger partial charge in [-0.3, -0.25) is 4.99 Å². The molecular formula is C18H18ClNO2. The van der Waals surface area contributed by atoms with Gasteiger partial charge < -0.3 is 9.47 Å². The topological polar surface area (TPSA) is 30.8 Å². The van der Waals surface area contributed by atoms with Crippen molar-refractivity contribution >= 4 is 29.6 Å². The van der Waals surface area contributed by atoms with E-state index in [4.69, 9.17) is 21.1 Å². The summed E-state index contributed by atoms with van der Waals surface area (Å²) in [5.41, 5.74) is 2.79. The lowest BCUT2D eigenvalue weighted by Crippen LogP contribution is -1.90. The first-order chi connectivity index (χ1) is 10.6.